The Balaban J connectivity index is 1.99. The molecule has 1 N–H and O–H groups in total. The fourth-order valence-corrected chi connectivity index (χ4v) is 2.38. The van der Waals surface area contributed by atoms with E-state index >= 15 is 0 Å². The van der Waals surface area contributed by atoms with Gasteiger partial charge in [0.25, 0.3) is 0 Å². The fourth-order valence-electron chi connectivity index (χ4n) is 2.38. The minimum atomic E-state index is -0.297. The van der Waals surface area contributed by atoms with Crippen LogP contribution in [0.1, 0.15) is 48.0 Å². The summed E-state index contributed by atoms with van der Waals surface area (Å²) in [6.07, 6.45) is 5.11. The number of carbonyl (C=O) groups excluding carboxylic acids is 1. The lowest BCUT2D eigenvalue weighted by Gasteiger charge is -2.14. The number of aryl methyl sites for hydroxylation is 1. The van der Waals surface area contributed by atoms with Gasteiger partial charge >= 0.3 is 0 Å². The number of hydrogen-bond acceptors (Lipinski definition) is 2. The highest BCUT2D eigenvalue weighted by Gasteiger charge is 2.17. The van der Waals surface area contributed by atoms with E-state index < -0.39 is 0 Å². The van der Waals surface area contributed by atoms with E-state index in [0.29, 0.717) is 17.5 Å². The summed E-state index contributed by atoms with van der Waals surface area (Å²) in [6, 6.07) is 5.00. The molecule has 0 amide bonds. The van der Waals surface area contributed by atoms with Gasteiger partial charge in [0.05, 0.1) is 0 Å². The van der Waals surface area contributed by atoms with Crippen LogP contribution >= 0.6 is 0 Å². The van der Waals surface area contributed by atoms with Gasteiger partial charge in [-0.3, -0.25) is 4.79 Å². The average Bonchev–Trinajstić information content (AvgIpc) is 2.61. The van der Waals surface area contributed by atoms with Crippen molar-refractivity contribution >= 4 is 5.78 Å². The molecule has 1 atom stereocenters. The second kappa shape index (κ2) is 6.10. The molecule has 2 nitrogen and oxygen atoms in total. The third-order valence-corrected chi connectivity index (χ3v) is 3.59. The molecule has 1 saturated heterocycles. The highest BCUT2D eigenvalue weighted by molar-refractivity contribution is 5.96. The monoisotopic (exact) mass is 249 g/mol. The Kier molecular flexibility index (Phi) is 4.48. The van der Waals surface area contributed by atoms with Crippen molar-refractivity contribution in [2.24, 2.45) is 0 Å². The smallest absolute Gasteiger partial charge is 0.164 e. The molecule has 0 radical (unpaired) electrons. The number of Topliss-reactive ketones (excluding diaryl/α,β-unsaturated/α-hetero) is 1. The van der Waals surface area contributed by atoms with Crippen molar-refractivity contribution in [3.63, 3.8) is 0 Å². The van der Waals surface area contributed by atoms with Gasteiger partial charge in [-0.1, -0.05) is 25.0 Å². The number of benzene rings is 1. The Morgan fingerprint density at radius 3 is 3.00 bits per heavy atom. The first-order valence-corrected chi connectivity index (χ1v) is 6.69. The molecule has 1 aliphatic heterocycles. The molecule has 2 rings (SSSR count). The lowest BCUT2D eigenvalue weighted by molar-refractivity contribution is 0.0967. The van der Waals surface area contributed by atoms with Crippen molar-refractivity contribution in [3.05, 3.63) is 35.1 Å². The molecule has 18 heavy (non-hydrogen) atoms. The second-order valence-electron chi connectivity index (χ2n) is 5.09. The molecule has 1 aromatic rings. The van der Waals surface area contributed by atoms with Gasteiger partial charge in [0.2, 0.25) is 0 Å². The number of nitrogens with one attached hydrogen (secondary N) is 1. The van der Waals surface area contributed by atoms with Crippen LogP contribution < -0.4 is 5.32 Å². The van der Waals surface area contributed by atoms with Gasteiger partial charge < -0.3 is 5.32 Å². The molecule has 0 aliphatic carbocycles. The van der Waals surface area contributed by atoms with Crippen molar-refractivity contribution in [2.45, 2.75) is 45.1 Å². The van der Waals surface area contributed by atoms with Gasteiger partial charge in [0, 0.05) is 18.0 Å². The first-order valence-electron chi connectivity index (χ1n) is 6.69. The zero-order valence-electron chi connectivity index (χ0n) is 10.8. The van der Waals surface area contributed by atoms with Crippen LogP contribution in [0.15, 0.2) is 18.2 Å². The maximum absolute atomic E-state index is 13.4. The van der Waals surface area contributed by atoms with Gasteiger partial charge in [0.1, 0.15) is 5.82 Å². The molecular weight excluding hydrogens is 229 g/mol. The summed E-state index contributed by atoms with van der Waals surface area (Å²) in [4.78, 5) is 12.1. The number of carbonyl (C=O) groups is 1. The predicted molar refractivity (Wildman–Crippen MR) is 70.3 cm³/mol. The molecule has 3 heteroatoms. The van der Waals surface area contributed by atoms with E-state index in [4.69, 9.17) is 0 Å². The molecule has 1 heterocycles. The molecule has 98 valence electrons. The number of rotatable bonds is 3. The summed E-state index contributed by atoms with van der Waals surface area (Å²) in [5, 5.41) is 3.39. The van der Waals surface area contributed by atoms with Gasteiger partial charge in [0.15, 0.2) is 5.78 Å². The van der Waals surface area contributed by atoms with Gasteiger partial charge in [-0.25, -0.2) is 4.39 Å². The first-order chi connectivity index (χ1) is 8.66. The van der Waals surface area contributed by atoms with Gasteiger partial charge in [-0.15, -0.1) is 0 Å². The summed E-state index contributed by atoms with van der Waals surface area (Å²) >= 11 is 0. The molecule has 0 spiro atoms. The molecule has 1 unspecified atom stereocenters. The van der Waals surface area contributed by atoms with E-state index in [0.717, 1.165) is 13.0 Å². The summed E-state index contributed by atoms with van der Waals surface area (Å²) in [5.41, 5.74) is 1.07. The van der Waals surface area contributed by atoms with Crippen molar-refractivity contribution in [2.75, 3.05) is 6.54 Å². The van der Waals surface area contributed by atoms with E-state index in [1.165, 1.54) is 25.3 Å². The minimum absolute atomic E-state index is 0.0355. The zero-order chi connectivity index (χ0) is 13.0. The zero-order valence-corrected chi connectivity index (χ0v) is 10.8. The number of ketones is 1. The van der Waals surface area contributed by atoms with Crippen LogP contribution in [0.2, 0.25) is 0 Å². The van der Waals surface area contributed by atoms with Gasteiger partial charge in [-0.05, 0) is 37.9 Å². The highest BCUT2D eigenvalue weighted by Crippen LogP contribution is 2.16. The minimum Gasteiger partial charge on any atom is -0.314 e. The van der Waals surface area contributed by atoms with E-state index in [1.807, 2.05) is 0 Å². The van der Waals surface area contributed by atoms with Crippen molar-refractivity contribution in [1.29, 1.82) is 0 Å². The number of halogens is 1. The van der Waals surface area contributed by atoms with Crippen LogP contribution in [0.3, 0.4) is 0 Å². The van der Waals surface area contributed by atoms with Crippen LogP contribution in [-0.2, 0) is 0 Å². The van der Waals surface area contributed by atoms with Crippen LogP contribution in [0, 0.1) is 12.7 Å². The second-order valence-corrected chi connectivity index (χ2v) is 5.09. The predicted octanol–water partition coefficient (Wildman–Crippen LogP) is 3.24. The maximum atomic E-state index is 13.4. The average molecular weight is 249 g/mol. The third kappa shape index (κ3) is 3.39. The lowest BCUT2D eigenvalue weighted by atomic mass is 9.99. The molecule has 0 saturated carbocycles. The van der Waals surface area contributed by atoms with Gasteiger partial charge in [-0.2, -0.15) is 0 Å². The highest BCUT2D eigenvalue weighted by atomic mass is 19.1. The largest absolute Gasteiger partial charge is 0.314 e. The summed E-state index contributed by atoms with van der Waals surface area (Å²) in [6.45, 7) is 2.69. The lowest BCUT2D eigenvalue weighted by Crippen LogP contribution is -2.30. The van der Waals surface area contributed by atoms with E-state index in [9.17, 15) is 9.18 Å². The van der Waals surface area contributed by atoms with Crippen LogP contribution in [-0.4, -0.2) is 18.4 Å². The standard InChI is InChI=1S/C15H20FNO/c1-11-6-7-12(9-14(11)16)15(18)10-13-5-3-2-4-8-17-13/h6-7,9,13,17H,2-5,8,10H2,1H3. The topological polar surface area (TPSA) is 29.1 Å². The SMILES string of the molecule is Cc1ccc(C(=O)CC2CCCCCN2)cc1F. The van der Waals surface area contributed by atoms with Crippen LogP contribution in [0.5, 0.6) is 0 Å². The third-order valence-electron chi connectivity index (χ3n) is 3.59. The van der Waals surface area contributed by atoms with Crippen LogP contribution in [0.25, 0.3) is 0 Å². The fraction of sp³-hybridized carbons (Fsp3) is 0.533. The molecule has 1 fully saturated rings. The molecule has 0 bridgehead atoms. The first kappa shape index (κ1) is 13.2. The summed E-state index contributed by atoms with van der Waals surface area (Å²) in [5.74, 6) is -0.261. The van der Waals surface area contributed by atoms with E-state index in [2.05, 4.69) is 5.32 Å². The molecule has 1 aliphatic rings. The van der Waals surface area contributed by atoms with Crippen molar-refractivity contribution in [3.8, 4) is 0 Å². The molecule has 1 aromatic carbocycles. The Morgan fingerprint density at radius 1 is 1.39 bits per heavy atom. The van der Waals surface area contributed by atoms with Crippen molar-refractivity contribution in [1.82, 2.24) is 5.32 Å². The quantitative estimate of drug-likeness (QED) is 0.833. The van der Waals surface area contributed by atoms with Crippen LogP contribution in [0.4, 0.5) is 4.39 Å². The summed E-state index contributed by atoms with van der Waals surface area (Å²) < 4.78 is 13.4. The Bertz CT molecular complexity index is 423. The Labute approximate surface area is 108 Å². The number of hydrogen-bond donors (Lipinski definition) is 1. The van der Waals surface area contributed by atoms with Crippen molar-refractivity contribution < 1.29 is 9.18 Å². The normalized spacial score (nSPS) is 20.4. The summed E-state index contributed by atoms with van der Waals surface area (Å²) in [7, 11) is 0. The molecule has 0 aromatic heterocycles. The van der Waals surface area contributed by atoms with E-state index in [-0.39, 0.29) is 17.6 Å². The van der Waals surface area contributed by atoms with E-state index in [1.54, 1.807) is 19.1 Å². The Hall–Kier alpha value is -1.22. The Morgan fingerprint density at radius 2 is 2.22 bits per heavy atom. The maximum Gasteiger partial charge on any atom is 0.164 e. The molecular formula is C15H20FNO.